The lowest BCUT2D eigenvalue weighted by Crippen LogP contribution is -2.34. The molecule has 2 unspecified atom stereocenters. The van der Waals surface area contributed by atoms with Crippen LogP contribution in [0.3, 0.4) is 0 Å². The molecule has 19 heavy (non-hydrogen) atoms. The van der Waals surface area contributed by atoms with E-state index in [0.29, 0.717) is 6.04 Å². The van der Waals surface area contributed by atoms with Crippen LogP contribution in [0, 0.1) is 0 Å². The Morgan fingerprint density at radius 3 is 3.05 bits per heavy atom. The molecule has 1 aromatic rings. The number of hydrogen-bond donors (Lipinski definition) is 1. The number of benzene rings is 1. The molecule has 2 aliphatic rings. The van der Waals surface area contributed by atoms with Crippen molar-refractivity contribution in [3.05, 3.63) is 33.8 Å². The van der Waals surface area contributed by atoms with Crippen LogP contribution < -0.4 is 0 Å². The second-order valence-electron chi connectivity index (χ2n) is 5.53. The minimum atomic E-state index is -0.675. The van der Waals surface area contributed by atoms with Crippen molar-refractivity contribution in [1.29, 1.82) is 0 Å². The van der Waals surface area contributed by atoms with Crippen molar-refractivity contribution < 1.29 is 9.90 Å². The van der Waals surface area contributed by atoms with Gasteiger partial charge in [-0.2, -0.15) is 0 Å². The fourth-order valence-electron chi connectivity index (χ4n) is 3.60. The van der Waals surface area contributed by atoms with Gasteiger partial charge in [0, 0.05) is 16.6 Å². The van der Waals surface area contributed by atoms with Gasteiger partial charge in [0.05, 0.1) is 6.42 Å². The van der Waals surface area contributed by atoms with Gasteiger partial charge in [-0.05, 0) is 55.5 Å². The Hall–Kier alpha value is -0.870. The van der Waals surface area contributed by atoms with Crippen molar-refractivity contribution >= 4 is 21.9 Å². The molecule has 102 valence electrons. The summed E-state index contributed by atoms with van der Waals surface area (Å²) in [5, 5.41) is 9.03. The predicted molar refractivity (Wildman–Crippen MR) is 77.2 cm³/mol. The molecule has 0 aromatic heterocycles. The van der Waals surface area contributed by atoms with Crippen LogP contribution in [0.25, 0.3) is 0 Å². The Kier molecular flexibility index (Phi) is 3.63. The minimum absolute atomic E-state index is 0.220. The molecule has 1 heterocycles. The monoisotopic (exact) mass is 323 g/mol. The van der Waals surface area contributed by atoms with E-state index < -0.39 is 5.97 Å². The summed E-state index contributed by atoms with van der Waals surface area (Å²) in [5.41, 5.74) is 2.82. The van der Waals surface area contributed by atoms with Gasteiger partial charge in [-0.3, -0.25) is 9.69 Å². The molecule has 1 aliphatic carbocycles. The molecule has 3 nitrogen and oxygen atoms in total. The van der Waals surface area contributed by atoms with Crippen LogP contribution in [0.15, 0.2) is 22.7 Å². The number of halogens is 1. The van der Waals surface area contributed by atoms with Crippen LogP contribution in [0.5, 0.6) is 0 Å². The number of aliphatic carboxylic acids is 1. The Morgan fingerprint density at radius 2 is 2.26 bits per heavy atom. The molecule has 0 spiro atoms. The summed E-state index contributed by atoms with van der Waals surface area (Å²) in [6, 6.07) is 7.15. The zero-order chi connectivity index (χ0) is 13.4. The minimum Gasteiger partial charge on any atom is -0.481 e. The summed E-state index contributed by atoms with van der Waals surface area (Å²) >= 11 is 3.52. The number of likely N-dealkylation sites (tertiary alicyclic amines) is 1. The summed E-state index contributed by atoms with van der Waals surface area (Å²) < 4.78 is 1.13. The summed E-state index contributed by atoms with van der Waals surface area (Å²) in [5.74, 6) is -0.675. The van der Waals surface area contributed by atoms with Crippen LogP contribution >= 0.6 is 15.9 Å². The number of carbonyl (C=O) groups is 1. The van der Waals surface area contributed by atoms with Gasteiger partial charge in [0.15, 0.2) is 0 Å². The van der Waals surface area contributed by atoms with Gasteiger partial charge in [-0.25, -0.2) is 0 Å². The first-order valence-corrected chi connectivity index (χ1v) is 7.70. The Balaban J connectivity index is 1.82. The number of rotatable bonds is 3. The quantitative estimate of drug-likeness (QED) is 0.927. The van der Waals surface area contributed by atoms with Crippen LogP contribution in [0.4, 0.5) is 0 Å². The molecule has 4 heteroatoms. The van der Waals surface area contributed by atoms with Gasteiger partial charge in [-0.1, -0.05) is 22.0 Å². The van der Waals surface area contributed by atoms with Gasteiger partial charge < -0.3 is 5.11 Å². The highest BCUT2D eigenvalue weighted by Crippen LogP contribution is 2.40. The standard InChI is InChI=1S/C15H18BrNO2/c16-11-4-5-13-10(8-11)3-6-14(13)17-7-1-2-12(17)9-15(18)19/h4-5,8,12,14H,1-3,6-7,9H2,(H,18,19). The Labute approximate surface area is 121 Å². The average Bonchev–Trinajstić information content (AvgIpc) is 2.93. The zero-order valence-electron chi connectivity index (χ0n) is 10.8. The SMILES string of the molecule is O=C(O)CC1CCCN1C1CCc2cc(Br)ccc21. The van der Waals surface area contributed by atoms with Gasteiger partial charge in [0.1, 0.15) is 0 Å². The number of carboxylic acids is 1. The lowest BCUT2D eigenvalue weighted by molar-refractivity contribution is -0.138. The summed E-state index contributed by atoms with van der Waals surface area (Å²) in [7, 11) is 0. The molecular weight excluding hydrogens is 306 g/mol. The summed E-state index contributed by atoms with van der Waals surface area (Å²) in [6.45, 7) is 1.04. The molecule has 1 aromatic carbocycles. The lowest BCUT2D eigenvalue weighted by Gasteiger charge is -2.30. The van der Waals surface area contributed by atoms with Gasteiger partial charge in [0.25, 0.3) is 0 Å². The Bertz CT molecular complexity index is 503. The molecule has 3 rings (SSSR count). The molecule has 0 radical (unpaired) electrons. The predicted octanol–water partition coefficient (Wildman–Crippen LogP) is 3.38. The van der Waals surface area contributed by atoms with E-state index >= 15 is 0 Å². The third-order valence-corrected chi connectivity index (χ3v) is 4.88. The first-order chi connectivity index (χ1) is 9.15. The first-order valence-electron chi connectivity index (χ1n) is 6.91. The fraction of sp³-hybridized carbons (Fsp3) is 0.533. The lowest BCUT2D eigenvalue weighted by atomic mass is 10.0. The van der Waals surface area contributed by atoms with Gasteiger partial charge in [0.2, 0.25) is 0 Å². The maximum atomic E-state index is 11.0. The number of hydrogen-bond acceptors (Lipinski definition) is 2. The largest absolute Gasteiger partial charge is 0.481 e. The van der Waals surface area contributed by atoms with E-state index in [2.05, 4.69) is 39.0 Å². The maximum absolute atomic E-state index is 11.0. The number of carboxylic acid groups (broad SMARTS) is 1. The van der Waals surface area contributed by atoms with E-state index in [-0.39, 0.29) is 12.5 Å². The van der Waals surface area contributed by atoms with Crippen LogP contribution in [-0.4, -0.2) is 28.6 Å². The molecule has 0 amide bonds. The smallest absolute Gasteiger partial charge is 0.304 e. The summed E-state index contributed by atoms with van der Waals surface area (Å²) in [6.07, 6.45) is 4.66. The van der Waals surface area contributed by atoms with Gasteiger partial charge in [-0.15, -0.1) is 0 Å². The highest BCUT2D eigenvalue weighted by atomic mass is 79.9. The molecule has 2 atom stereocenters. The highest BCUT2D eigenvalue weighted by Gasteiger charge is 2.35. The van der Waals surface area contributed by atoms with Crippen molar-refractivity contribution in [2.45, 2.75) is 44.2 Å². The zero-order valence-corrected chi connectivity index (χ0v) is 12.4. The maximum Gasteiger partial charge on any atom is 0.304 e. The molecule has 0 saturated carbocycles. The van der Waals surface area contributed by atoms with Crippen LogP contribution in [0.1, 0.15) is 42.9 Å². The van der Waals surface area contributed by atoms with Crippen molar-refractivity contribution in [1.82, 2.24) is 4.90 Å². The highest BCUT2D eigenvalue weighted by molar-refractivity contribution is 9.10. The van der Waals surface area contributed by atoms with Crippen molar-refractivity contribution in [2.75, 3.05) is 6.54 Å². The molecular formula is C15H18BrNO2. The number of nitrogens with zero attached hydrogens (tertiary/aromatic N) is 1. The van der Waals surface area contributed by atoms with Crippen LogP contribution in [-0.2, 0) is 11.2 Å². The van der Waals surface area contributed by atoms with Crippen molar-refractivity contribution in [2.24, 2.45) is 0 Å². The van der Waals surface area contributed by atoms with E-state index in [1.807, 2.05) is 0 Å². The second kappa shape index (κ2) is 5.25. The number of fused-ring (bicyclic) bond motifs is 1. The van der Waals surface area contributed by atoms with Crippen molar-refractivity contribution in [3.8, 4) is 0 Å². The molecule has 1 fully saturated rings. The van der Waals surface area contributed by atoms with Crippen LogP contribution in [0.2, 0.25) is 0 Å². The summed E-state index contributed by atoms with van der Waals surface area (Å²) in [4.78, 5) is 13.4. The van der Waals surface area contributed by atoms with Crippen molar-refractivity contribution in [3.63, 3.8) is 0 Å². The molecule has 1 saturated heterocycles. The molecule has 1 aliphatic heterocycles. The molecule has 0 bridgehead atoms. The van der Waals surface area contributed by atoms with E-state index in [0.717, 1.165) is 36.7 Å². The average molecular weight is 324 g/mol. The second-order valence-corrected chi connectivity index (χ2v) is 6.45. The topological polar surface area (TPSA) is 40.5 Å². The third-order valence-electron chi connectivity index (χ3n) is 4.38. The van der Waals surface area contributed by atoms with E-state index in [1.54, 1.807) is 0 Å². The van der Waals surface area contributed by atoms with E-state index in [1.165, 1.54) is 11.1 Å². The Morgan fingerprint density at radius 1 is 1.42 bits per heavy atom. The normalized spacial score (nSPS) is 26.6. The third kappa shape index (κ3) is 2.56. The fourth-order valence-corrected chi connectivity index (χ4v) is 4.01. The first kappa shape index (κ1) is 13.1. The van der Waals surface area contributed by atoms with E-state index in [4.69, 9.17) is 5.11 Å². The molecule has 1 N–H and O–H groups in total. The number of aryl methyl sites for hydroxylation is 1. The van der Waals surface area contributed by atoms with Gasteiger partial charge >= 0.3 is 5.97 Å². The van der Waals surface area contributed by atoms with E-state index in [9.17, 15) is 4.79 Å².